The zero-order valence-corrected chi connectivity index (χ0v) is 11.8. The van der Waals surface area contributed by atoms with Crippen LogP contribution in [0.1, 0.15) is 10.4 Å². The summed E-state index contributed by atoms with van der Waals surface area (Å²) in [5.74, 6) is -0.648. The van der Waals surface area contributed by atoms with Gasteiger partial charge in [0.1, 0.15) is 5.82 Å². The molecule has 0 aliphatic rings. The van der Waals surface area contributed by atoms with E-state index in [2.05, 4.69) is 15.0 Å². The molecule has 0 aliphatic carbocycles. The quantitative estimate of drug-likeness (QED) is 0.530. The minimum atomic E-state index is -1.05. The third kappa shape index (κ3) is 2.08. The number of hydrogen-bond donors (Lipinski definition) is 3. The molecule has 0 fully saturated rings. The van der Waals surface area contributed by atoms with Crippen LogP contribution in [0, 0.1) is 0 Å². The number of carboxylic acids is 1. The molecule has 0 unspecified atom stereocenters. The molecule has 2 aromatic carbocycles. The lowest BCUT2D eigenvalue weighted by Crippen LogP contribution is -2.10. The van der Waals surface area contributed by atoms with E-state index in [1.807, 2.05) is 24.3 Å². The Morgan fingerprint density at radius 2 is 1.91 bits per heavy atom. The summed E-state index contributed by atoms with van der Waals surface area (Å²) in [6.45, 7) is 0. The number of aromatic nitrogens is 3. The number of benzene rings is 2. The number of nitrogens with zero attached hydrogens (tertiary/aromatic N) is 1. The maximum Gasteiger partial charge on any atom is 0.335 e. The van der Waals surface area contributed by atoms with E-state index in [0.717, 1.165) is 16.5 Å². The molecule has 0 atom stereocenters. The zero-order chi connectivity index (χ0) is 16.0. The lowest BCUT2D eigenvalue weighted by atomic mass is 10.1. The topological polar surface area (TPSA) is 98.8 Å². The van der Waals surface area contributed by atoms with Gasteiger partial charge < -0.3 is 15.1 Å². The summed E-state index contributed by atoms with van der Waals surface area (Å²) in [7, 11) is 0. The Hall–Kier alpha value is -3.41. The number of aromatic amines is 2. The summed E-state index contributed by atoms with van der Waals surface area (Å²) in [6, 6.07) is 12.0. The van der Waals surface area contributed by atoms with Gasteiger partial charge in [0, 0.05) is 22.7 Å². The van der Waals surface area contributed by atoms with Gasteiger partial charge in [-0.15, -0.1) is 0 Å². The van der Waals surface area contributed by atoms with Crippen LogP contribution in [0.25, 0.3) is 33.2 Å². The number of fused-ring (bicyclic) bond motifs is 2. The van der Waals surface area contributed by atoms with Gasteiger partial charge in [-0.2, -0.15) is 0 Å². The fraction of sp³-hybridized carbons (Fsp3) is 0. The third-order valence-electron chi connectivity index (χ3n) is 3.80. The highest BCUT2D eigenvalue weighted by atomic mass is 16.4. The molecule has 0 aliphatic heterocycles. The van der Waals surface area contributed by atoms with Gasteiger partial charge in [0.25, 0.3) is 5.56 Å². The normalized spacial score (nSPS) is 11.1. The Kier molecular flexibility index (Phi) is 2.77. The molecule has 0 amide bonds. The molecule has 0 bridgehead atoms. The van der Waals surface area contributed by atoms with Crippen LogP contribution < -0.4 is 5.56 Å². The number of aromatic carboxylic acids is 1. The number of para-hydroxylation sites is 1. The van der Waals surface area contributed by atoms with E-state index in [0.29, 0.717) is 16.7 Å². The number of carboxylic acid groups (broad SMARTS) is 1. The van der Waals surface area contributed by atoms with Gasteiger partial charge in [0.2, 0.25) is 0 Å². The van der Waals surface area contributed by atoms with Crippen LogP contribution in [0.5, 0.6) is 0 Å². The first-order chi connectivity index (χ1) is 11.1. The maximum atomic E-state index is 12.3. The van der Waals surface area contributed by atoms with Gasteiger partial charge in [0.15, 0.2) is 0 Å². The summed E-state index contributed by atoms with van der Waals surface area (Å²) in [5, 5.41) is 10.4. The first-order valence-electron chi connectivity index (χ1n) is 6.97. The van der Waals surface area contributed by atoms with E-state index < -0.39 is 5.97 Å². The molecule has 23 heavy (non-hydrogen) atoms. The average molecular weight is 305 g/mol. The Morgan fingerprint density at radius 3 is 2.74 bits per heavy atom. The van der Waals surface area contributed by atoms with Gasteiger partial charge in [-0.05, 0) is 24.3 Å². The van der Waals surface area contributed by atoms with Crippen molar-refractivity contribution in [2.24, 2.45) is 0 Å². The van der Waals surface area contributed by atoms with E-state index in [1.165, 1.54) is 18.2 Å². The molecule has 4 aromatic rings. The monoisotopic (exact) mass is 305 g/mol. The van der Waals surface area contributed by atoms with E-state index in [-0.39, 0.29) is 11.1 Å². The van der Waals surface area contributed by atoms with Crippen molar-refractivity contribution in [3.63, 3.8) is 0 Å². The molecule has 2 aromatic heterocycles. The summed E-state index contributed by atoms with van der Waals surface area (Å²) in [6.07, 6.45) is 1.77. The van der Waals surface area contributed by atoms with Crippen LogP contribution in [0.3, 0.4) is 0 Å². The highest BCUT2D eigenvalue weighted by molar-refractivity contribution is 5.96. The van der Waals surface area contributed by atoms with Gasteiger partial charge in [-0.1, -0.05) is 18.2 Å². The highest BCUT2D eigenvalue weighted by Gasteiger charge is 2.12. The van der Waals surface area contributed by atoms with Crippen molar-refractivity contribution < 1.29 is 9.90 Å². The Balaban J connectivity index is 2.00. The van der Waals surface area contributed by atoms with Crippen LogP contribution in [0.4, 0.5) is 0 Å². The molecule has 3 N–H and O–H groups in total. The van der Waals surface area contributed by atoms with Crippen molar-refractivity contribution >= 4 is 27.8 Å². The molecule has 4 rings (SSSR count). The summed E-state index contributed by atoms with van der Waals surface area (Å²) < 4.78 is 0. The Bertz CT molecular complexity index is 1120. The van der Waals surface area contributed by atoms with Gasteiger partial charge in [0.05, 0.1) is 16.5 Å². The molecule has 6 heteroatoms. The van der Waals surface area contributed by atoms with Crippen LogP contribution in [-0.2, 0) is 0 Å². The number of hydrogen-bond acceptors (Lipinski definition) is 3. The van der Waals surface area contributed by atoms with Crippen molar-refractivity contribution in [3.8, 4) is 11.4 Å². The molecule has 112 valence electrons. The number of H-pyrrole nitrogens is 2. The van der Waals surface area contributed by atoms with Crippen LogP contribution in [0.15, 0.2) is 53.5 Å². The van der Waals surface area contributed by atoms with Crippen molar-refractivity contribution in [2.45, 2.75) is 0 Å². The molecule has 0 radical (unpaired) electrons. The second-order valence-corrected chi connectivity index (χ2v) is 5.20. The largest absolute Gasteiger partial charge is 0.478 e. The fourth-order valence-electron chi connectivity index (χ4n) is 2.67. The van der Waals surface area contributed by atoms with E-state index >= 15 is 0 Å². The maximum absolute atomic E-state index is 12.3. The molecular formula is C17H11N3O3. The van der Waals surface area contributed by atoms with Crippen LogP contribution in [-0.4, -0.2) is 26.0 Å². The standard InChI is InChI=1S/C17H11N3O3/c21-16-11-6-5-9(17(22)23)7-14(11)19-15(20-16)12-8-18-13-4-2-1-3-10(12)13/h1-8,18H,(H,22,23)(H,19,20,21). The lowest BCUT2D eigenvalue weighted by molar-refractivity contribution is 0.0697. The Morgan fingerprint density at radius 1 is 1.09 bits per heavy atom. The number of nitrogens with one attached hydrogen (secondary N) is 2. The van der Waals surface area contributed by atoms with Gasteiger partial charge >= 0.3 is 5.97 Å². The molecule has 2 heterocycles. The fourth-order valence-corrected chi connectivity index (χ4v) is 2.67. The summed E-state index contributed by atoms with van der Waals surface area (Å²) in [4.78, 5) is 33.7. The molecule has 0 spiro atoms. The van der Waals surface area contributed by atoms with E-state index in [9.17, 15) is 9.59 Å². The molecular weight excluding hydrogens is 294 g/mol. The second-order valence-electron chi connectivity index (χ2n) is 5.20. The lowest BCUT2D eigenvalue weighted by Gasteiger charge is -2.03. The van der Waals surface area contributed by atoms with Gasteiger partial charge in [-0.25, -0.2) is 9.78 Å². The smallest absolute Gasteiger partial charge is 0.335 e. The predicted octanol–water partition coefficient (Wildman–Crippen LogP) is 2.77. The number of rotatable bonds is 2. The highest BCUT2D eigenvalue weighted by Crippen LogP contribution is 2.26. The average Bonchev–Trinajstić information content (AvgIpc) is 2.98. The van der Waals surface area contributed by atoms with Crippen molar-refractivity contribution in [2.75, 3.05) is 0 Å². The van der Waals surface area contributed by atoms with Crippen molar-refractivity contribution in [1.82, 2.24) is 15.0 Å². The first kappa shape index (κ1) is 13.3. The van der Waals surface area contributed by atoms with Crippen molar-refractivity contribution in [3.05, 3.63) is 64.6 Å². The van der Waals surface area contributed by atoms with E-state index in [4.69, 9.17) is 5.11 Å². The minimum absolute atomic E-state index is 0.0977. The summed E-state index contributed by atoms with van der Waals surface area (Å²) >= 11 is 0. The van der Waals surface area contributed by atoms with E-state index in [1.54, 1.807) is 6.20 Å². The zero-order valence-electron chi connectivity index (χ0n) is 11.8. The second kappa shape index (κ2) is 4.81. The SMILES string of the molecule is O=C(O)c1ccc2c(=O)[nH]c(-c3c[nH]c4ccccc34)nc2c1. The third-order valence-corrected chi connectivity index (χ3v) is 3.80. The van der Waals surface area contributed by atoms with Gasteiger partial charge in [-0.3, -0.25) is 4.79 Å². The number of carbonyl (C=O) groups is 1. The first-order valence-corrected chi connectivity index (χ1v) is 6.97. The van der Waals surface area contributed by atoms with Crippen LogP contribution in [0.2, 0.25) is 0 Å². The van der Waals surface area contributed by atoms with Crippen LogP contribution >= 0.6 is 0 Å². The molecule has 0 saturated heterocycles. The minimum Gasteiger partial charge on any atom is -0.478 e. The molecule has 6 nitrogen and oxygen atoms in total. The Labute approximate surface area is 129 Å². The predicted molar refractivity (Wildman–Crippen MR) is 86.6 cm³/mol. The van der Waals surface area contributed by atoms with Crippen molar-refractivity contribution in [1.29, 1.82) is 0 Å². The summed E-state index contributed by atoms with van der Waals surface area (Å²) in [5.41, 5.74) is 1.85. The molecule has 0 saturated carbocycles.